The second-order valence-corrected chi connectivity index (χ2v) is 8.53. The number of amides is 4. The summed E-state index contributed by atoms with van der Waals surface area (Å²) in [5.74, 6) is -0.415. The maximum atomic E-state index is 12.7. The number of hydroxylamine groups is 4. The highest BCUT2D eigenvalue weighted by Gasteiger charge is 2.48. The van der Waals surface area contributed by atoms with Gasteiger partial charge in [0.15, 0.2) is 0 Å². The summed E-state index contributed by atoms with van der Waals surface area (Å²) in [7, 11) is 0. The van der Waals surface area contributed by atoms with Crippen molar-refractivity contribution in [3.05, 3.63) is 35.9 Å². The van der Waals surface area contributed by atoms with Gasteiger partial charge in [-0.1, -0.05) is 30.3 Å². The summed E-state index contributed by atoms with van der Waals surface area (Å²) in [5, 5.41) is 1.37. The minimum atomic E-state index is -0.718. The molecule has 0 saturated carbocycles. The maximum Gasteiger partial charge on any atom is 0.431 e. The first-order valence-corrected chi connectivity index (χ1v) is 10.5. The molecule has 0 aromatic heterocycles. The van der Waals surface area contributed by atoms with Gasteiger partial charge in [0.05, 0.1) is 6.04 Å². The van der Waals surface area contributed by atoms with E-state index in [0.717, 1.165) is 5.56 Å². The first-order valence-electron chi connectivity index (χ1n) is 10.5. The molecule has 11 heteroatoms. The first kappa shape index (κ1) is 23.8. The Bertz CT molecular complexity index is 799. The largest absolute Gasteiger partial charge is 0.442 e. The molecule has 2 aliphatic heterocycles. The van der Waals surface area contributed by atoms with Crippen molar-refractivity contribution in [2.75, 3.05) is 19.8 Å². The zero-order valence-corrected chi connectivity index (χ0v) is 18.5. The van der Waals surface area contributed by atoms with E-state index in [1.165, 1.54) is 9.96 Å². The summed E-state index contributed by atoms with van der Waals surface area (Å²) in [6.45, 7) is 5.91. The molecule has 2 aliphatic rings. The zero-order chi connectivity index (χ0) is 23.1. The van der Waals surface area contributed by atoms with E-state index in [0.29, 0.717) is 19.4 Å². The quantitative estimate of drug-likeness (QED) is 0.436. The van der Waals surface area contributed by atoms with Crippen LogP contribution in [0.3, 0.4) is 0 Å². The Morgan fingerprint density at radius 2 is 1.75 bits per heavy atom. The second kappa shape index (κ2) is 10.6. The van der Waals surface area contributed by atoms with E-state index in [-0.39, 0.29) is 31.9 Å². The highest BCUT2D eigenvalue weighted by Crippen LogP contribution is 2.30. The number of nitrogens with zero attached hydrogens (tertiary/aromatic N) is 2. The van der Waals surface area contributed by atoms with Gasteiger partial charge in [-0.3, -0.25) is 19.3 Å². The Hall–Kier alpha value is -2.89. The van der Waals surface area contributed by atoms with Crippen molar-refractivity contribution in [2.24, 2.45) is 0 Å². The Labute approximate surface area is 186 Å². The van der Waals surface area contributed by atoms with Gasteiger partial charge in [0.2, 0.25) is 0 Å². The predicted octanol–water partition coefficient (Wildman–Crippen LogP) is 1.89. The Morgan fingerprint density at radius 3 is 2.44 bits per heavy atom. The number of hydrogen-bond acceptors (Lipinski definition) is 7. The summed E-state index contributed by atoms with van der Waals surface area (Å²) < 4.78 is 5.01. The molecule has 1 aromatic carbocycles. The van der Waals surface area contributed by atoms with Crippen LogP contribution in [0.2, 0.25) is 0 Å². The average molecular weight is 450 g/mol. The van der Waals surface area contributed by atoms with Crippen LogP contribution in [0.25, 0.3) is 0 Å². The number of nitrogens with one attached hydrogen (secondary N) is 2. The van der Waals surface area contributed by atoms with Crippen LogP contribution in [0.15, 0.2) is 30.3 Å². The third-order valence-corrected chi connectivity index (χ3v) is 4.85. The number of rotatable bonds is 9. The standard InChI is InChI=1S/C21H30N4O7/c1-21(2,3)32-19(27)23-30-12-11-29-22-18(26)17-10-9-16-13-24(17)20(28)25(16)31-14-15-7-5-4-6-8-15/h4-8,16-17H,9-14H2,1-3H3,(H,22,26)(H,23,27)/t16-,17+/m1/s1. The molecule has 0 spiro atoms. The normalized spacial score (nSPS) is 20.3. The number of fused-ring (bicyclic) bond motifs is 2. The fourth-order valence-electron chi connectivity index (χ4n) is 3.47. The van der Waals surface area contributed by atoms with Crippen LogP contribution in [0, 0.1) is 0 Å². The number of carbonyl (C=O) groups excluding carboxylic acids is 3. The van der Waals surface area contributed by atoms with Crippen molar-refractivity contribution in [1.82, 2.24) is 20.9 Å². The van der Waals surface area contributed by atoms with Gasteiger partial charge in [0, 0.05) is 6.54 Å². The molecule has 2 fully saturated rings. The molecule has 1 aromatic rings. The first-order chi connectivity index (χ1) is 15.2. The van der Waals surface area contributed by atoms with E-state index in [9.17, 15) is 14.4 Å². The van der Waals surface area contributed by atoms with Gasteiger partial charge < -0.3 is 9.64 Å². The van der Waals surface area contributed by atoms with Crippen molar-refractivity contribution in [1.29, 1.82) is 0 Å². The molecular weight excluding hydrogens is 420 g/mol. The van der Waals surface area contributed by atoms with E-state index < -0.39 is 23.6 Å². The number of hydrogen-bond donors (Lipinski definition) is 2. The van der Waals surface area contributed by atoms with Gasteiger partial charge in [0.1, 0.15) is 31.5 Å². The molecular formula is C21H30N4O7. The molecule has 2 N–H and O–H groups in total. The van der Waals surface area contributed by atoms with Gasteiger partial charge in [-0.2, -0.15) is 10.5 Å². The van der Waals surface area contributed by atoms with Crippen LogP contribution < -0.4 is 11.0 Å². The Kier molecular flexibility index (Phi) is 7.89. The molecule has 0 unspecified atom stereocenters. The lowest BCUT2D eigenvalue weighted by Gasteiger charge is -2.28. The van der Waals surface area contributed by atoms with Crippen molar-refractivity contribution in [3.8, 4) is 0 Å². The molecule has 2 heterocycles. The Balaban J connectivity index is 1.36. The third kappa shape index (κ3) is 6.55. The van der Waals surface area contributed by atoms with Crippen LogP contribution in [0.5, 0.6) is 0 Å². The lowest BCUT2D eigenvalue weighted by atomic mass is 10.0. The third-order valence-electron chi connectivity index (χ3n) is 4.85. The smallest absolute Gasteiger partial charge is 0.431 e. The van der Waals surface area contributed by atoms with Gasteiger partial charge in [0.25, 0.3) is 5.91 Å². The van der Waals surface area contributed by atoms with Crippen LogP contribution in [-0.2, 0) is 30.7 Å². The van der Waals surface area contributed by atoms with Crippen LogP contribution in [0.4, 0.5) is 9.59 Å². The van der Waals surface area contributed by atoms with E-state index >= 15 is 0 Å². The van der Waals surface area contributed by atoms with Gasteiger partial charge in [-0.05, 0) is 39.2 Å². The molecule has 11 nitrogen and oxygen atoms in total. The number of carbonyl (C=O) groups is 3. The molecule has 2 bridgehead atoms. The predicted molar refractivity (Wildman–Crippen MR) is 111 cm³/mol. The fourth-order valence-corrected chi connectivity index (χ4v) is 3.47. The van der Waals surface area contributed by atoms with Crippen LogP contribution >= 0.6 is 0 Å². The number of piperidine rings is 1. The molecule has 2 atom stereocenters. The SMILES string of the molecule is CC(C)(C)OC(=O)NOCCONC(=O)[C@@H]1CC[C@@H]2CN1C(=O)N2OCc1ccccc1. The molecule has 0 radical (unpaired) electrons. The highest BCUT2D eigenvalue weighted by atomic mass is 16.7. The Morgan fingerprint density at radius 1 is 1.06 bits per heavy atom. The van der Waals surface area contributed by atoms with Crippen molar-refractivity contribution in [2.45, 2.75) is 57.9 Å². The highest BCUT2D eigenvalue weighted by molar-refractivity contribution is 5.88. The van der Waals surface area contributed by atoms with E-state index in [1.54, 1.807) is 20.8 Å². The lowest BCUT2D eigenvalue weighted by molar-refractivity contribution is -0.142. The van der Waals surface area contributed by atoms with Gasteiger partial charge in [-0.15, -0.1) is 0 Å². The molecule has 32 heavy (non-hydrogen) atoms. The average Bonchev–Trinajstić information content (AvgIpc) is 2.98. The van der Waals surface area contributed by atoms with Crippen molar-refractivity contribution < 1.29 is 33.6 Å². The summed E-state index contributed by atoms with van der Waals surface area (Å²) >= 11 is 0. The fraction of sp³-hybridized carbons (Fsp3) is 0.571. The zero-order valence-electron chi connectivity index (χ0n) is 18.5. The number of ether oxygens (including phenoxy) is 1. The summed E-state index contributed by atoms with van der Waals surface area (Å²) in [6.07, 6.45) is 0.441. The van der Waals surface area contributed by atoms with Gasteiger partial charge >= 0.3 is 12.1 Å². The number of urea groups is 1. The van der Waals surface area contributed by atoms with Crippen molar-refractivity contribution >= 4 is 18.0 Å². The van der Waals surface area contributed by atoms with E-state index in [4.69, 9.17) is 19.2 Å². The number of benzene rings is 1. The van der Waals surface area contributed by atoms with Crippen LogP contribution in [-0.4, -0.2) is 65.4 Å². The summed E-state index contributed by atoms with van der Waals surface area (Å²) in [5.41, 5.74) is 4.79. The topological polar surface area (TPSA) is 119 Å². The monoisotopic (exact) mass is 450 g/mol. The minimum Gasteiger partial charge on any atom is -0.442 e. The maximum absolute atomic E-state index is 12.7. The molecule has 2 saturated heterocycles. The second-order valence-electron chi connectivity index (χ2n) is 8.53. The van der Waals surface area contributed by atoms with E-state index in [1.807, 2.05) is 30.3 Å². The summed E-state index contributed by atoms with van der Waals surface area (Å²) in [4.78, 5) is 53.9. The molecule has 176 valence electrons. The van der Waals surface area contributed by atoms with Gasteiger partial charge in [-0.25, -0.2) is 15.1 Å². The lowest BCUT2D eigenvalue weighted by Crippen LogP contribution is -2.49. The van der Waals surface area contributed by atoms with Crippen molar-refractivity contribution in [3.63, 3.8) is 0 Å². The van der Waals surface area contributed by atoms with Crippen LogP contribution in [0.1, 0.15) is 39.2 Å². The molecule has 3 rings (SSSR count). The minimum absolute atomic E-state index is 0.00284. The van der Waals surface area contributed by atoms with E-state index in [2.05, 4.69) is 11.0 Å². The summed E-state index contributed by atoms with van der Waals surface area (Å²) in [6, 6.07) is 8.54. The molecule has 4 amide bonds. The molecule has 0 aliphatic carbocycles.